The highest BCUT2D eigenvalue weighted by atomic mass is 79.9. The molecule has 0 spiro atoms. The summed E-state index contributed by atoms with van der Waals surface area (Å²) in [6.07, 6.45) is 3.67. The molecule has 0 aliphatic rings. The number of nitrogens with zero attached hydrogens (tertiary/aromatic N) is 1. The molecule has 106 valence electrons. The maximum Gasteiger partial charge on any atom is 0.107 e. The third kappa shape index (κ3) is 4.46. The highest BCUT2D eigenvalue weighted by Crippen LogP contribution is 2.29. The van der Waals surface area contributed by atoms with Crippen LogP contribution in [0.15, 0.2) is 22.7 Å². The van der Waals surface area contributed by atoms with E-state index in [0.717, 1.165) is 22.3 Å². The van der Waals surface area contributed by atoms with Gasteiger partial charge in [0.05, 0.1) is 0 Å². The molecular weight excluding hydrogens is 320 g/mol. The Hall–Kier alpha value is -0.610. The summed E-state index contributed by atoms with van der Waals surface area (Å²) in [4.78, 5) is 2.83. The van der Waals surface area contributed by atoms with Crippen molar-refractivity contribution in [3.63, 3.8) is 0 Å². The van der Waals surface area contributed by atoms with Gasteiger partial charge in [0, 0.05) is 28.3 Å². The average Bonchev–Trinajstić information content (AvgIpc) is 2.33. The summed E-state index contributed by atoms with van der Waals surface area (Å²) in [6, 6.07) is 6.56. The van der Waals surface area contributed by atoms with Crippen LogP contribution < -0.4 is 10.6 Å². The molecule has 0 radical (unpaired) electrons. The van der Waals surface area contributed by atoms with E-state index in [0.29, 0.717) is 11.0 Å². The number of halogens is 1. The molecule has 0 heterocycles. The summed E-state index contributed by atoms with van der Waals surface area (Å²) in [5, 5.41) is 0. The molecule has 0 saturated carbocycles. The summed E-state index contributed by atoms with van der Waals surface area (Å²) < 4.78 is 0.971. The molecule has 0 aromatic heterocycles. The Kier molecular flexibility index (Phi) is 6.80. The summed E-state index contributed by atoms with van der Waals surface area (Å²) in [5.74, 6) is 0. The lowest BCUT2D eigenvalue weighted by Crippen LogP contribution is -2.33. The van der Waals surface area contributed by atoms with Crippen molar-refractivity contribution in [3.8, 4) is 0 Å². The first kappa shape index (κ1) is 16.4. The van der Waals surface area contributed by atoms with Gasteiger partial charge in [-0.15, -0.1) is 0 Å². The van der Waals surface area contributed by atoms with Gasteiger partial charge in [-0.3, -0.25) is 0 Å². The Balaban J connectivity index is 3.08. The van der Waals surface area contributed by atoms with Crippen molar-refractivity contribution < 1.29 is 0 Å². The topological polar surface area (TPSA) is 29.3 Å². The number of rotatable bonds is 7. The van der Waals surface area contributed by atoms with Gasteiger partial charge in [-0.1, -0.05) is 38.0 Å². The van der Waals surface area contributed by atoms with Crippen LogP contribution in [0.25, 0.3) is 0 Å². The molecule has 2 nitrogen and oxygen atoms in total. The first-order valence-corrected chi connectivity index (χ1v) is 8.04. The van der Waals surface area contributed by atoms with Crippen molar-refractivity contribution in [3.05, 3.63) is 28.2 Å². The molecule has 4 heteroatoms. The number of nitrogens with two attached hydrogens (primary N) is 1. The van der Waals surface area contributed by atoms with Gasteiger partial charge in [0.2, 0.25) is 0 Å². The van der Waals surface area contributed by atoms with Gasteiger partial charge >= 0.3 is 0 Å². The number of anilines is 1. The fourth-order valence-corrected chi connectivity index (χ4v) is 3.10. The van der Waals surface area contributed by atoms with Crippen LogP contribution in [0.1, 0.15) is 45.6 Å². The molecule has 1 aromatic rings. The van der Waals surface area contributed by atoms with Crippen LogP contribution >= 0.6 is 28.1 Å². The van der Waals surface area contributed by atoms with E-state index in [1.165, 1.54) is 19.3 Å². The minimum atomic E-state index is 0.430. The van der Waals surface area contributed by atoms with Crippen molar-refractivity contribution in [2.24, 2.45) is 5.73 Å². The second-order valence-electron chi connectivity index (χ2n) is 4.99. The van der Waals surface area contributed by atoms with Crippen LogP contribution in [-0.4, -0.2) is 17.6 Å². The van der Waals surface area contributed by atoms with Gasteiger partial charge in [-0.2, -0.15) is 0 Å². The molecule has 1 rings (SSSR count). The molecule has 2 N–H and O–H groups in total. The van der Waals surface area contributed by atoms with E-state index in [4.69, 9.17) is 18.0 Å². The predicted octanol–water partition coefficient (Wildman–Crippen LogP) is 4.49. The van der Waals surface area contributed by atoms with Crippen LogP contribution in [0.4, 0.5) is 5.69 Å². The fraction of sp³-hybridized carbons (Fsp3) is 0.533. The average molecular weight is 343 g/mol. The van der Waals surface area contributed by atoms with Crippen molar-refractivity contribution in [1.82, 2.24) is 0 Å². The number of hydrogen-bond acceptors (Lipinski definition) is 2. The van der Waals surface area contributed by atoms with E-state index in [2.05, 4.69) is 47.7 Å². The maximum atomic E-state index is 5.88. The Labute approximate surface area is 130 Å². The predicted molar refractivity (Wildman–Crippen MR) is 92.0 cm³/mol. The van der Waals surface area contributed by atoms with Crippen LogP contribution in [-0.2, 0) is 0 Å². The second kappa shape index (κ2) is 7.85. The second-order valence-corrected chi connectivity index (χ2v) is 6.29. The Bertz CT molecular complexity index is 432. The molecule has 0 aliphatic heterocycles. The molecule has 0 atom stereocenters. The van der Waals surface area contributed by atoms with Crippen LogP contribution in [0.5, 0.6) is 0 Å². The zero-order chi connectivity index (χ0) is 14.4. The zero-order valence-corrected chi connectivity index (χ0v) is 14.4. The summed E-state index contributed by atoms with van der Waals surface area (Å²) in [7, 11) is 0. The summed E-state index contributed by atoms with van der Waals surface area (Å²) >= 11 is 8.75. The molecule has 19 heavy (non-hydrogen) atoms. The first-order valence-electron chi connectivity index (χ1n) is 6.84. The van der Waals surface area contributed by atoms with E-state index >= 15 is 0 Å². The fourth-order valence-electron chi connectivity index (χ4n) is 2.18. The minimum Gasteiger partial charge on any atom is -0.389 e. The van der Waals surface area contributed by atoms with E-state index in [9.17, 15) is 0 Å². The third-order valence-electron chi connectivity index (χ3n) is 3.17. The smallest absolute Gasteiger partial charge is 0.107 e. The third-order valence-corrected chi connectivity index (χ3v) is 4.04. The Morgan fingerprint density at radius 3 is 2.58 bits per heavy atom. The van der Waals surface area contributed by atoms with Gasteiger partial charge in [-0.25, -0.2) is 0 Å². The molecule has 1 aromatic carbocycles. The molecule has 0 unspecified atom stereocenters. The van der Waals surface area contributed by atoms with Crippen LogP contribution in [0.3, 0.4) is 0 Å². The molecule has 0 fully saturated rings. The maximum absolute atomic E-state index is 5.88. The highest BCUT2D eigenvalue weighted by Gasteiger charge is 2.17. The molecule has 0 aliphatic carbocycles. The summed E-state index contributed by atoms with van der Waals surface area (Å²) in [6.45, 7) is 7.67. The number of benzene rings is 1. The molecule has 0 amide bonds. The minimum absolute atomic E-state index is 0.430. The van der Waals surface area contributed by atoms with E-state index in [-0.39, 0.29) is 0 Å². The normalized spacial score (nSPS) is 10.8. The molecular formula is C15H23BrN2S. The van der Waals surface area contributed by atoms with Crippen LogP contribution in [0.2, 0.25) is 0 Å². The molecule has 0 bridgehead atoms. The van der Waals surface area contributed by atoms with Crippen LogP contribution in [0, 0.1) is 0 Å². The number of unbranched alkanes of at least 4 members (excludes halogenated alkanes) is 2. The highest BCUT2D eigenvalue weighted by molar-refractivity contribution is 9.10. The van der Waals surface area contributed by atoms with E-state index in [1.807, 2.05) is 12.1 Å². The van der Waals surface area contributed by atoms with Crippen molar-refractivity contribution in [2.45, 2.75) is 46.1 Å². The SMILES string of the molecule is CCCCCN(c1cccc(Br)c1C(N)=S)C(C)C. The van der Waals surface area contributed by atoms with E-state index < -0.39 is 0 Å². The lowest BCUT2D eigenvalue weighted by atomic mass is 10.1. The van der Waals surface area contributed by atoms with Crippen molar-refractivity contribution in [1.29, 1.82) is 0 Å². The van der Waals surface area contributed by atoms with Gasteiger partial charge in [0.25, 0.3) is 0 Å². The molecule has 0 saturated heterocycles. The lowest BCUT2D eigenvalue weighted by Gasteiger charge is -2.31. The standard InChI is InChI=1S/C15H23BrN2S/c1-4-5-6-10-18(11(2)3)13-9-7-8-12(16)14(13)15(17)19/h7-9,11H,4-6,10H2,1-3H3,(H2,17,19). The number of thiocarbonyl (C=S) groups is 1. The quantitative estimate of drug-likeness (QED) is 0.584. The lowest BCUT2D eigenvalue weighted by molar-refractivity contribution is 0.625. The summed E-state index contributed by atoms with van der Waals surface area (Å²) in [5.41, 5.74) is 7.96. The Morgan fingerprint density at radius 1 is 1.37 bits per heavy atom. The Morgan fingerprint density at radius 2 is 2.05 bits per heavy atom. The van der Waals surface area contributed by atoms with Gasteiger partial charge in [-0.05, 0) is 48.3 Å². The first-order chi connectivity index (χ1) is 8.99. The van der Waals surface area contributed by atoms with E-state index in [1.54, 1.807) is 0 Å². The largest absolute Gasteiger partial charge is 0.389 e. The van der Waals surface area contributed by atoms with Gasteiger partial charge in [0.1, 0.15) is 4.99 Å². The van der Waals surface area contributed by atoms with Gasteiger partial charge < -0.3 is 10.6 Å². The van der Waals surface area contributed by atoms with Gasteiger partial charge in [0.15, 0.2) is 0 Å². The van der Waals surface area contributed by atoms with Crippen molar-refractivity contribution >= 4 is 38.8 Å². The zero-order valence-electron chi connectivity index (χ0n) is 11.9. The monoisotopic (exact) mass is 342 g/mol. The number of hydrogen-bond donors (Lipinski definition) is 1. The van der Waals surface area contributed by atoms with Crippen molar-refractivity contribution in [2.75, 3.05) is 11.4 Å².